The van der Waals surface area contributed by atoms with Crippen LogP contribution in [0, 0.1) is 0 Å². The summed E-state index contributed by atoms with van der Waals surface area (Å²) in [6.45, 7) is 12.0. The molecular weight excluding hydrogens is 560 g/mol. The monoisotopic (exact) mass is 598 g/mol. The number of nitrogens with zero attached hydrogens (tertiary/aromatic N) is 6. The van der Waals surface area contributed by atoms with Crippen LogP contribution in [0.3, 0.4) is 0 Å². The van der Waals surface area contributed by atoms with Gasteiger partial charge in [0.25, 0.3) is 5.56 Å². The molecule has 1 aromatic carbocycles. The van der Waals surface area contributed by atoms with Crippen LogP contribution in [0.5, 0.6) is 0 Å². The minimum atomic E-state index is -1.26. The summed E-state index contributed by atoms with van der Waals surface area (Å²) in [6.07, 6.45) is 2.93. The Kier molecular flexibility index (Phi) is 10.7. The van der Waals surface area contributed by atoms with Gasteiger partial charge in [-0.3, -0.25) is 23.7 Å². The number of carboxylic acid groups (broad SMARTS) is 2. The number of anilines is 1. The third-order valence-corrected chi connectivity index (χ3v) is 8.39. The van der Waals surface area contributed by atoms with Crippen LogP contribution in [0.15, 0.2) is 52.1 Å². The van der Waals surface area contributed by atoms with Gasteiger partial charge in [0.2, 0.25) is 0 Å². The van der Waals surface area contributed by atoms with Crippen LogP contribution < -0.4 is 16.1 Å². The van der Waals surface area contributed by atoms with Crippen molar-refractivity contribution < 1.29 is 19.8 Å². The summed E-state index contributed by atoms with van der Waals surface area (Å²) < 4.78 is 9.16. The van der Waals surface area contributed by atoms with Gasteiger partial charge in [0, 0.05) is 87.7 Å². The lowest BCUT2D eigenvalue weighted by Gasteiger charge is -2.35. The number of hydrogen-bond donors (Lipinski definition) is 2. The van der Waals surface area contributed by atoms with E-state index in [9.17, 15) is 19.2 Å². The first kappa shape index (κ1) is 31.1. The van der Waals surface area contributed by atoms with Crippen LogP contribution in [0.1, 0.15) is 32.4 Å². The Balaban J connectivity index is 0.000000446. The number of unbranched alkanes of at least 4 members (excludes halogenated alkanes) is 1. The van der Waals surface area contributed by atoms with E-state index in [1.807, 2.05) is 0 Å². The lowest BCUT2D eigenvalue weighted by atomic mass is 10.2. The summed E-state index contributed by atoms with van der Waals surface area (Å²) in [5.41, 5.74) is 0.540. The normalized spacial score (nSPS) is 16.0. The van der Waals surface area contributed by atoms with Gasteiger partial charge in [-0.2, -0.15) is 4.37 Å². The Morgan fingerprint density at radius 1 is 0.952 bits per heavy atom. The summed E-state index contributed by atoms with van der Waals surface area (Å²) in [7, 11) is 0. The minimum absolute atomic E-state index is 0.144. The Bertz CT molecular complexity index is 1520. The Morgan fingerprint density at radius 2 is 1.62 bits per heavy atom. The SMILES string of the molecule is CC(C)N1CCn2c(cc(=O)n(CCCCN3CCN(c4nsc5ccccc45)CC3)c2=O)C1.O=C(O)/C=C/C(=O)O. The molecule has 0 unspecified atom stereocenters. The molecule has 0 saturated carbocycles. The molecule has 1 fully saturated rings. The van der Waals surface area contributed by atoms with Gasteiger partial charge in [0.1, 0.15) is 5.82 Å². The molecule has 0 amide bonds. The third-order valence-electron chi connectivity index (χ3n) is 7.58. The number of rotatable bonds is 9. The van der Waals surface area contributed by atoms with Crippen molar-refractivity contribution in [2.24, 2.45) is 0 Å². The van der Waals surface area contributed by atoms with Gasteiger partial charge >= 0.3 is 17.6 Å². The first-order valence-electron chi connectivity index (χ1n) is 14.2. The third kappa shape index (κ3) is 7.93. The Hall–Kier alpha value is -3.81. The molecule has 2 aromatic heterocycles. The molecule has 1 saturated heterocycles. The molecule has 2 N–H and O–H groups in total. The van der Waals surface area contributed by atoms with Crippen molar-refractivity contribution in [3.8, 4) is 0 Å². The molecule has 3 aromatic rings. The number of aromatic nitrogens is 3. The highest BCUT2D eigenvalue weighted by Gasteiger charge is 2.22. The van der Waals surface area contributed by atoms with Crippen molar-refractivity contribution in [3.05, 3.63) is 69.0 Å². The minimum Gasteiger partial charge on any atom is -0.478 e. The zero-order valence-corrected chi connectivity index (χ0v) is 24.8. The molecule has 12 nitrogen and oxygen atoms in total. The first-order chi connectivity index (χ1) is 20.1. The van der Waals surface area contributed by atoms with Crippen LogP contribution in [0.4, 0.5) is 5.82 Å². The van der Waals surface area contributed by atoms with Gasteiger partial charge in [0.05, 0.1) is 4.70 Å². The molecule has 0 atom stereocenters. The predicted molar refractivity (Wildman–Crippen MR) is 162 cm³/mol. The van der Waals surface area contributed by atoms with Crippen LogP contribution in [-0.4, -0.2) is 90.8 Å². The highest BCUT2D eigenvalue weighted by atomic mass is 32.1. The van der Waals surface area contributed by atoms with E-state index in [1.165, 1.54) is 14.7 Å². The predicted octanol–water partition coefficient (Wildman–Crippen LogP) is 2.16. The lowest BCUT2D eigenvalue weighted by molar-refractivity contribution is -0.134. The molecular formula is C29H38N6O6S. The number of piperazine rings is 1. The quantitative estimate of drug-likeness (QED) is 0.278. The van der Waals surface area contributed by atoms with Crippen molar-refractivity contribution in [3.63, 3.8) is 0 Å². The van der Waals surface area contributed by atoms with Gasteiger partial charge in [-0.05, 0) is 56.9 Å². The number of aliphatic carboxylic acids is 2. The number of carboxylic acids is 2. The summed E-state index contributed by atoms with van der Waals surface area (Å²) in [5, 5.41) is 16.9. The number of carbonyl (C=O) groups is 2. The van der Waals surface area contributed by atoms with Gasteiger partial charge in [0.15, 0.2) is 0 Å². The molecule has 5 rings (SSSR count). The molecule has 13 heteroatoms. The summed E-state index contributed by atoms with van der Waals surface area (Å²) in [4.78, 5) is 51.9. The fourth-order valence-electron chi connectivity index (χ4n) is 5.23. The van der Waals surface area contributed by atoms with Gasteiger partial charge in [-0.1, -0.05) is 12.1 Å². The van der Waals surface area contributed by atoms with Crippen molar-refractivity contribution in [2.75, 3.05) is 44.2 Å². The van der Waals surface area contributed by atoms with Crippen molar-refractivity contribution in [1.82, 2.24) is 23.3 Å². The van der Waals surface area contributed by atoms with E-state index >= 15 is 0 Å². The van der Waals surface area contributed by atoms with E-state index in [2.05, 4.69) is 52.8 Å². The highest BCUT2D eigenvalue weighted by Crippen LogP contribution is 2.29. The smallest absolute Gasteiger partial charge is 0.331 e. The van der Waals surface area contributed by atoms with Crippen molar-refractivity contribution in [2.45, 2.75) is 52.4 Å². The fourth-order valence-corrected chi connectivity index (χ4v) is 6.02. The molecule has 0 radical (unpaired) electrons. The second-order valence-electron chi connectivity index (χ2n) is 10.7. The van der Waals surface area contributed by atoms with Crippen LogP contribution in [0.25, 0.3) is 10.1 Å². The fraction of sp³-hybridized carbons (Fsp3) is 0.483. The molecule has 4 heterocycles. The molecule has 2 aliphatic heterocycles. The maximum absolute atomic E-state index is 12.9. The van der Waals surface area contributed by atoms with Gasteiger partial charge < -0.3 is 15.1 Å². The van der Waals surface area contributed by atoms with Crippen LogP contribution >= 0.6 is 11.5 Å². The largest absolute Gasteiger partial charge is 0.478 e. The van der Waals surface area contributed by atoms with Crippen LogP contribution in [-0.2, 0) is 29.2 Å². The zero-order chi connectivity index (χ0) is 30.2. The molecule has 2 aliphatic rings. The average molecular weight is 599 g/mol. The van der Waals surface area contributed by atoms with Gasteiger partial charge in [-0.25, -0.2) is 14.4 Å². The molecule has 0 aliphatic carbocycles. The molecule has 0 spiro atoms. The Labute approximate surface area is 247 Å². The second-order valence-corrected chi connectivity index (χ2v) is 11.5. The maximum Gasteiger partial charge on any atom is 0.331 e. The van der Waals surface area contributed by atoms with E-state index < -0.39 is 11.9 Å². The number of benzene rings is 1. The second kappa shape index (κ2) is 14.4. The Morgan fingerprint density at radius 3 is 2.29 bits per heavy atom. The molecule has 226 valence electrons. The zero-order valence-electron chi connectivity index (χ0n) is 24.0. The van der Waals surface area contributed by atoms with E-state index in [-0.39, 0.29) is 11.2 Å². The highest BCUT2D eigenvalue weighted by molar-refractivity contribution is 7.13. The van der Waals surface area contributed by atoms with Crippen molar-refractivity contribution >= 4 is 39.4 Å². The topological polar surface area (TPSA) is 141 Å². The first-order valence-corrected chi connectivity index (χ1v) is 14.9. The lowest BCUT2D eigenvalue weighted by Crippen LogP contribution is -2.48. The summed E-state index contributed by atoms with van der Waals surface area (Å²) in [5.74, 6) is -1.40. The van der Waals surface area contributed by atoms with Crippen LogP contribution in [0.2, 0.25) is 0 Å². The van der Waals surface area contributed by atoms with Crippen molar-refractivity contribution in [1.29, 1.82) is 0 Å². The number of fused-ring (bicyclic) bond motifs is 2. The van der Waals surface area contributed by atoms with Gasteiger partial charge in [-0.15, -0.1) is 0 Å². The van der Waals surface area contributed by atoms with E-state index in [1.54, 1.807) is 22.2 Å². The number of hydrogen-bond acceptors (Lipinski definition) is 9. The molecule has 0 bridgehead atoms. The molecule has 42 heavy (non-hydrogen) atoms. The summed E-state index contributed by atoms with van der Waals surface area (Å²) >= 11 is 1.57. The van der Waals surface area contributed by atoms with E-state index in [4.69, 9.17) is 14.6 Å². The summed E-state index contributed by atoms with van der Waals surface area (Å²) in [6, 6.07) is 10.5. The standard InChI is InChI=1S/C25H34N6O2S.C4H4O4/c1-19(2)29-15-16-30-20(18-29)17-23(32)31(25(30)33)10-6-5-9-27-11-13-28(14-12-27)24-21-7-3-4-8-22(21)34-26-24;5-3(6)1-2-4(7)8/h3-4,7-8,17,19H,5-6,9-16,18H2,1-2H3;1-2H,(H,5,6)(H,7,8)/b;2-1+. The maximum atomic E-state index is 12.9. The van der Waals surface area contributed by atoms with E-state index in [0.29, 0.717) is 37.8 Å². The van der Waals surface area contributed by atoms with E-state index in [0.717, 1.165) is 63.6 Å². The average Bonchev–Trinajstić information content (AvgIpc) is 3.40.